The molecule has 1 aromatic heterocycles. The van der Waals surface area contributed by atoms with E-state index in [1.54, 1.807) is 42.5 Å². The van der Waals surface area contributed by atoms with Gasteiger partial charge in [-0.25, -0.2) is 27.4 Å². The van der Waals surface area contributed by atoms with Gasteiger partial charge in [-0.15, -0.1) is 0 Å². The summed E-state index contributed by atoms with van der Waals surface area (Å²) in [5, 5.41) is 9.10. The summed E-state index contributed by atoms with van der Waals surface area (Å²) in [6.45, 7) is 1.70. The fourth-order valence-electron chi connectivity index (χ4n) is 3.23. The zero-order chi connectivity index (χ0) is 20.6. The Kier molecular flexibility index (Phi) is 4.53. The third kappa shape index (κ3) is 3.22. The molecule has 29 heavy (non-hydrogen) atoms. The van der Waals surface area contributed by atoms with Crippen LogP contribution in [-0.4, -0.2) is 23.7 Å². The van der Waals surface area contributed by atoms with Gasteiger partial charge in [-0.3, -0.25) is 0 Å². The van der Waals surface area contributed by atoms with E-state index in [-0.39, 0.29) is 17.3 Å². The number of nitrogens with zero attached hydrogens (tertiary/aromatic N) is 4. The summed E-state index contributed by atoms with van der Waals surface area (Å²) in [6, 6.07) is 18.0. The lowest BCUT2D eigenvalue weighted by atomic mass is 10.1. The molecule has 1 aliphatic rings. The molecule has 7 nitrogen and oxygen atoms in total. The molecular weight excluding hydrogens is 388 g/mol. The zero-order valence-electron chi connectivity index (χ0n) is 15.5. The van der Waals surface area contributed by atoms with Gasteiger partial charge >= 0.3 is 6.03 Å². The van der Waals surface area contributed by atoms with Crippen LogP contribution in [0.15, 0.2) is 71.8 Å². The van der Waals surface area contributed by atoms with Crippen LogP contribution in [0.5, 0.6) is 0 Å². The van der Waals surface area contributed by atoms with Crippen molar-refractivity contribution in [1.82, 2.24) is 9.29 Å². The average molecular weight is 404 g/mol. The van der Waals surface area contributed by atoms with Gasteiger partial charge in [0.25, 0.3) is 10.0 Å². The fraction of sp³-hybridized carbons (Fsp3) is 0.0952. The Hall–Kier alpha value is -3.70. The maximum Gasteiger partial charge on any atom is 0.344 e. The number of aryl methyl sites for hydroxylation is 1. The van der Waals surface area contributed by atoms with Gasteiger partial charge in [-0.2, -0.15) is 5.26 Å². The van der Waals surface area contributed by atoms with Gasteiger partial charge in [0.05, 0.1) is 23.9 Å². The van der Waals surface area contributed by atoms with Crippen LogP contribution in [0.1, 0.15) is 16.7 Å². The van der Waals surface area contributed by atoms with Crippen LogP contribution in [0.2, 0.25) is 0 Å². The average Bonchev–Trinajstić information content (AvgIpc) is 2.72. The minimum atomic E-state index is -4.10. The quantitative estimate of drug-likeness (QED) is 0.663. The predicted molar refractivity (Wildman–Crippen MR) is 107 cm³/mol. The number of urea groups is 1. The molecule has 0 unspecified atom stereocenters. The van der Waals surface area contributed by atoms with Crippen molar-refractivity contribution in [2.24, 2.45) is 0 Å². The Labute approximate surface area is 168 Å². The monoisotopic (exact) mass is 404 g/mol. The van der Waals surface area contributed by atoms with Crippen molar-refractivity contribution in [3.05, 3.63) is 83.6 Å². The number of hydrogen-bond acceptors (Lipinski definition) is 5. The number of sulfonamides is 1. The number of amides is 2. The molecule has 3 aromatic rings. The van der Waals surface area contributed by atoms with E-state index in [4.69, 9.17) is 5.26 Å². The van der Waals surface area contributed by atoms with Gasteiger partial charge in [-0.1, -0.05) is 24.3 Å². The molecule has 0 radical (unpaired) electrons. The summed E-state index contributed by atoms with van der Waals surface area (Å²) in [4.78, 5) is 18.8. The molecule has 144 valence electrons. The summed E-state index contributed by atoms with van der Waals surface area (Å²) in [7, 11) is -4.10. The Morgan fingerprint density at radius 1 is 1.07 bits per heavy atom. The van der Waals surface area contributed by atoms with Crippen molar-refractivity contribution in [2.45, 2.75) is 18.4 Å². The van der Waals surface area contributed by atoms with Crippen LogP contribution < -0.4 is 4.90 Å². The van der Waals surface area contributed by atoms with Gasteiger partial charge in [-0.05, 0) is 54.4 Å². The van der Waals surface area contributed by atoms with Crippen molar-refractivity contribution >= 4 is 27.6 Å². The number of hydrogen-bond donors (Lipinski definition) is 0. The maximum atomic E-state index is 13.3. The number of pyridine rings is 1. The van der Waals surface area contributed by atoms with Gasteiger partial charge in [0.1, 0.15) is 4.90 Å². The first-order valence-corrected chi connectivity index (χ1v) is 10.2. The van der Waals surface area contributed by atoms with Crippen LogP contribution in [0, 0.1) is 18.3 Å². The Morgan fingerprint density at radius 2 is 1.86 bits per heavy atom. The molecule has 1 aliphatic heterocycles. The SMILES string of the molecule is Cc1cccc(N2C(=O)N(Cc3cccc(C#N)c3)S(=O)(=O)c3cccnc32)c1. The van der Waals surface area contributed by atoms with E-state index in [0.717, 1.165) is 9.87 Å². The Morgan fingerprint density at radius 3 is 2.62 bits per heavy atom. The third-order valence-corrected chi connectivity index (χ3v) is 6.32. The summed E-state index contributed by atoms with van der Waals surface area (Å²) in [5.74, 6) is 0.0742. The number of anilines is 2. The normalized spacial score (nSPS) is 15.0. The maximum absolute atomic E-state index is 13.3. The molecule has 4 rings (SSSR count). The first-order chi connectivity index (χ1) is 13.9. The Bertz CT molecular complexity index is 1260. The van der Waals surface area contributed by atoms with E-state index in [9.17, 15) is 13.2 Å². The lowest BCUT2D eigenvalue weighted by molar-refractivity contribution is 0.229. The highest BCUT2D eigenvalue weighted by atomic mass is 32.2. The van der Waals surface area contributed by atoms with E-state index in [1.807, 2.05) is 19.1 Å². The van der Waals surface area contributed by atoms with Crippen molar-refractivity contribution in [1.29, 1.82) is 5.26 Å². The molecule has 0 saturated heterocycles. The highest BCUT2D eigenvalue weighted by Gasteiger charge is 2.43. The second-order valence-corrected chi connectivity index (χ2v) is 8.44. The summed E-state index contributed by atoms with van der Waals surface area (Å²) in [5.41, 5.74) is 2.38. The number of aromatic nitrogens is 1. The molecule has 2 amide bonds. The molecule has 0 N–H and O–H groups in total. The summed E-state index contributed by atoms with van der Waals surface area (Å²) in [6.07, 6.45) is 1.45. The lowest BCUT2D eigenvalue weighted by Gasteiger charge is -2.35. The predicted octanol–water partition coefficient (Wildman–Crippen LogP) is 3.72. The standard InChI is InChI=1S/C21H16N4O3S/c1-15-5-2-8-18(11-15)25-20-19(9-4-10-23-20)29(27,28)24(21(25)26)14-17-7-3-6-16(12-17)13-22/h2-12H,14H2,1H3. The largest absolute Gasteiger partial charge is 0.344 e. The molecule has 8 heteroatoms. The Balaban J connectivity index is 1.86. The zero-order valence-corrected chi connectivity index (χ0v) is 16.3. The fourth-order valence-corrected chi connectivity index (χ4v) is 4.70. The lowest BCUT2D eigenvalue weighted by Crippen LogP contribution is -2.48. The number of fused-ring (bicyclic) bond motifs is 1. The molecule has 0 spiro atoms. The number of benzene rings is 2. The van der Waals surface area contributed by atoms with Gasteiger partial charge in [0.2, 0.25) is 0 Å². The van der Waals surface area contributed by atoms with Crippen molar-refractivity contribution in [2.75, 3.05) is 4.90 Å². The molecule has 0 saturated carbocycles. The number of carbonyl (C=O) groups is 1. The minimum absolute atomic E-state index is 0.0439. The van der Waals surface area contributed by atoms with E-state index >= 15 is 0 Å². The number of carbonyl (C=O) groups excluding carboxylic acids is 1. The molecule has 2 aromatic carbocycles. The van der Waals surface area contributed by atoms with Crippen molar-refractivity contribution < 1.29 is 13.2 Å². The molecule has 0 fully saturated rings. The third-order valence-electron chi connectivity index (χ3n) is 4.58. The molecule has 2 heterocycles. The second-order valence-electron chi connectivity index (χ2n) is 6.61. The van der Waals surface area contributed by atoms with Gasteiger partial charge < -0.3 is 0 Å². The second kappa shape index (κ2) is 7.04. The van der Waals surface area contributed by atoms with E-state index in [1.165, 1.54) is 23.2 Å². The number of nitriles is 1. The van der Waals surface area contributed by atoms with E-state index in [2.05, 4.69) is 4.98 Å². The van der Waals surface area contributed by atoms with Gasteiger partial charge in [0.15, 0.2) is 5.82 Å². The first-order valence-electron chi connectivity index (χ1n) is 8.79. The van der Waals surface area contributed by atoms with Crippen LogP contribution in [0.4, 0.5) is 16.3 Å². The van der Waals surface area contributed by atoms with Gasteiger partial charge in [0, 0.05) is 6.20 Å². The summed E-state index contributed by atoms with van der Waals surface area (Å²) >= 11 is 0. The first kappa shape index (κ1) is 18.7. The minimum Gasteiger partial charge on any atom is -0.246 e. The van der Waals surface area contributed by atoms with Crippen molar-refractivity contribution in [3.8, 4) is 6.07 Å². The molecular formula is C21H16N4O3S. The highest BCUT2D eigenvalue weighted by molar-refractivity contribution is 7.90. The van der Waals surface area contributed by atoms with E-state index in [0.29, 0.717) is 16.8 Å². The smallest absolute Gasteiger partial charge is 0.246 e. The van der Waals surface area contributed by atoms with Crippen LogP contribution in [0.3, 0.4) is 0 Å². The van der Waals surface area contributed by atoms with E-state index < -0.39 is 16.1 Å². The highest BCUT2D eigenvalue weighted by Crippen LogP contribution is 2.38. The summed E-state index contributed by atoms with van der Waals surface area (Å²) < 4.78 is 27.2. The molecule has 0 aliphatic carbocycles. The van der Waals surface area contributed by atoms with Crippen LogP contribution >= 0.6 is 0 Å². The molecule has 0 atom stereocenters. The number of rotatable bonds is 3. The van der Waals surface area contributed by atoms with Crippen LogP contribution in [0.25, 0.3) is 0 Å². The molecule has 0 bridgehead atoms. The topological polar surface area (TPSA) is 94.4 Å². The van der Waals surface area contributed by atoms with Crippen LogP contribution in [-0.2, 0) is 16.6 Å². The van der Waals surface area contributed by atoms with Crippen molar-refractivity contribution in [3.63, 3.8) is 0 Å².